The summed E-state index contributed by atoms with van der Waals surface area (Å²) in [6.45, 7) is 3.84. The lowest BCUT2D eigenvalue weighted by Gasteiger charge is -2.09. The van der Waals surface area contributed by atoms with Crippen LogP contribution in [0.2, 0.25) is 5.02 Å². The molecule has 3 aromatic rings. The fourth-order valence-electron chi connectivity index (χ4n) is 2.17. The molecule has 108 valence electrons. The smallest absolute Gasteiger partial charge is 0.150 e. The first-order valence-corrected chi connectivity index (χ1v) is 8.00. The number of benzene rings is 2. The number of furan rings is 1. The monoisotopic (exact) mass is 319 g/mol. The van der Waals surface area contributed by atoms with Crippen LogP contribution in [0.1, 0.15) is 11.1 Å². The molecule has 0 aliphatic rings. The maximum absolute atomic E-state index is 12.5. The van der Waals surface area contributed by atoms with Gasteiger partial charge in [0.25, 0.3) is 0 Å². The summed E-state index contributed by atoms with van der Waals surface area (Å²) in [6.07, 6.45) is 1.71. The highest BCUT2D eigenvalue weighted by atomic mass is 35.5. The lowest BCUT2D eigenvalue weighted by molar-refractivity contribution is 0.613. The van der Waals surface area contributed by atoms with Gasteiger partial charge in [-0.3, -0.25) is 0 Å². The average molecular weight is 320 g/mol. The van der Waals surface area contributed by atoms with E-state index in [0.717, 1.165) is 27.8 Å². The van der Waals surface area contributed by atoms with Gasteiger partial charge in [0.2, 0.25) is 0 Å². The normalized spacial score (nSPS) is 12.5. The zero-order valence-corrected chi connectivity index (χ0v) is 13.2. The molecule has 1 atom stereocenters. The van der Waals surface area contributed by atoms with Crippen LogP contribution in [0.25, 0.3) is 11.0 Å². The summed E-state index contributed by atoms with van der Waals surface area (Å²) in [6, 6.07) is 11.1. The number of anilines is 1. The Bertz CT molecular complexity index is 841. The molecule has 0 aliphatic heterocycles. The minimum Gasteiger partial charge on any atom is -0.464 e. The van der Waals surface area contributed by atoms with Crippen LogP contribution in [0.15, 0.2) is 52.0 Å². The van der Waals surface area contributed by atoms with Crippen LogP contribution >= 0.6 is 11.6 Å². The summed E-state index contributed by atoms with van der Waals surface area (Å²) < 4.78 is 20.9. The summed E-state index contributed by atoms with van der Waals surface area (Å²) in [7, 11) is -1.36. The van der Waals surface area contributed by atoms with Gasteiger partial charge in [0.1, 0.15) is 5.58 Å². The number of hydrogen-bond donors (Lipinski definition) is 1. The highest BCUT2D eigenvalue weighted by Gasteiger charge is 2.11. The summed E-state index contributed by atoms with van der Waals surface area (Å²) in [4.78, 5) is 0.687. The maximum Gasteiger partial charge on any atom is 0.150 e. The predicted octanol–water partition coefficient (Wildman–Crippen LogP) is 4.84. The first kappa shape index (κ1) is 14.2. The predicted molar refractivity (Wildman–Crippen MR) is 87.2 cm³/mol. The van der Waals surface area contributed by atoms with E-state index in [0.29, 0.717) is 9.92 Å². The molecule has 3 rings (SSSR count). The van der Waals surface area contributed by atoms with Crippen LogP contribution < -0.4 is 4.72 Å². The van der Waals surface area contributed by atoms with E-state index in [9.17, 15) is 4.21 Å². The molecule has 1 heterocycles. The Morgan fingerprint density at radius 3 is 2.81 bits per heavy atom. The molecule has 0 saturated heterocycles. The van der Waals surface area contributed by atoms with Crippen molar-refractivity contribution in [3.63, 3.8) is 0 Å². The highest BCUT2D eigenvalue weighted by Crippen LogP contribution is 2.26. The second-order valence-electron chi connectivity index (χ2n) is 4.86. The zero-order chi connectivity index (χ0) is 15.0. The van der Waals surface area contributed by atoms with Gasteiger partial charge in [-0.15, -0.1) is 0 Å². The molecule has 0 saturated carbocycles. The van der Waals surface area contributed by atoms with Crippen molar-refractivity contribution in [1.29, 1.82) is 0 Å². The van der Waals surface area contributed by atoms with E-state index < -0.39 is 11.0 Å². The standard InChI is InChI=1S/C16H14ClNO2S/c1-10-9-20-15-7-6-12(8-13(10)15)18-21(19)16-5-3-4-14(17)11(16)2/h3-9,18H,1-2H3. The van der Waals surface area contributed by atoms with Crippen molar-refractivity contribution in [2.75, 3.05) is 4.72 Å². The molecule has 0 spiro atoms. The Balaban J connectivity index is 1.92. The second-order valence-corrected chi connectivity index (χ2v) is 6.45. The fraction of sp³-hybridized carbons (Fsp3) is 0.125. The largest absolute Gasteiger partial charge is 0.464 e. The molecular formula is C16H14ClNO2S. The van der Waals surface area contributed by atoms with Crippen molar-refractivity contribution in [2.45, 2.75) is 18.7 Å². The molecule has 3 nitrogen and oxygen atoms in total. The molecule has 21 heavy (non-hydrogen) atoms. The third-order valence-electron chi connectivity index (χ3n) is 3.40. The quantitative estimate of drug-likeness (QED) is 0.750. The van der Waals surface area contributed by atoms with Crippen LogP contribution in [0.5, 0.6) is 0 Å². The van der Waals surface area contributed by atoms with Crippen molar-refractivity contribution in [1.82, 2.24) is 0 Å². The van der Waals surface area contributed by atoms with E-state index in [1.807, 2.05) is 38.1 Å². The van der Waals surface area contributed by atoms with Crippen molar-refractivity contribution in [2.24, 2.45) is 0 Å². The molecule has 2 aromatic carbocycles. The second kappa shape index (κ2) is 5.54. The number of rotatable bonds is 3. The van der Waals surface area contributed by atoms with Crippen LogP contribution in [0.3, 0.4) is 0 Å². The van der Waals surface area contributed by atoms with Crippen molar-refractivity contribution < 1.29 is 8.63 Å². The van der Waals surface area contributed by atoms with E-state index in [1.165, 1.54) is 0 Å². The van der Waals surface area contributed by atoms with Gasteiger partial charge in [-0.2, -0.15) is 0 Å². The first-order chi connectivity index (χ1) is 10.1. The van der Waals surface area contributed by atoms with Crippen LogP contribution in [-0.4, -0.2) is 4.21 Å². The Hall–Kier alpha value is -1.78. The highest BCUT2D eigenvalue weighted by molar-refractivity contribution is 7.86. The van der Waals surface area contributed by atoms with Gasteiger partial charge in [-0.1, -0.05) is 17.7 Å². The molecule has 1 aromatic heterocycles. The molecule has 0 radical (unpaired) electrons. The van der Waals surface area contributed by atoms with E-state index in [-0.39, 0.29) is 0 Å². The number of fused-ring (bicyclic) bond motifs is 1. The molecule has 0 fully saturated rings. The molecule has 0 bridgehead atoms. The molecule has 0 aliphatic carbocycles. The van der Waals surface area contributed by atoms with E-state index in [2.05, 4.69) is 4.72 Å². The number of aryl methyl sites for hydroxylation is 1. The Morgan fingerprint density at radius 1 is 1.19 bits per heavy atom. The van der Waals surface area contributed by atoms with Gasteiger partial charge in [0.15, 0.2) is 11.0 Å². The van der Waals surface area contributed by atoms with Crippen molar-refractivity contribution >= 4 is 39.2 Å². The third-order valence-corrected chi connectivity index (χ3v) is 5.07. The van der Waals surface area contributed by atoms with Crippen LogP contribution in [0.4, 0.5) is 5.69 Å². The summed E-state index contributed by atoms with van der Waals surface area (Å²) in [5.41, 5.74) is 3.48. The van der Waals surface area contributed by atoms with E-state index >= 15 is 0 Å². The van der Waals surface area contributed by atoms with Gasteiger partial charge in [-0.05, 0) is 55.3 Å². The summed E-state index contributed by atoms with van der Waals surface area (Å²) >= 11 is 6.07. The van der Waals surface area contributed by atoms with Gasteiger partial charge in [-0.25, -0.2) is 4.21 Å². The summed E-state index contributed by atoms with van der Waals surface area (Å²) in [5.74, 6) is 0. The first-order valence-electron chi connectivity index (χ1n) is 6.47. The van der Waals surface area contributed by atoms with Crippen molar-refractivity contribution in [3.8, 4) is 0 Å². The van der Waals surface area contributed by atoms with Crippen LogP contribution in [-0.2, 0) is 11.0 Å². The molecule has 0 amide bonds. The van der Waals surface area contributed by atoms with Gasteiger partial charge >= 0.3 is 0 Å². The molecule has 1 N–H and O–H groups in total. The Morgan fingerprint density at radius 2 is 2.00 bits per heavy atom. The Kier molecular flexibility index (Phi) is 3.74. The maximum atomic E-state index is 12.5. The number of nitrogens with one attached hydrogen (secondary N) is 1. The van der Waals surface area contributed by atoms with E-state index in [4.69, 9.17) is 16.0 Å². The van der Waals surface area contributed by atoms with Crippen LogP contribution in [0, 0.1) is 13.8 Å². The summed E-state index contributed by atoms with van der Waals surface area (Å²) in [5, 5.41) is 1.63. The number of halogens is 1. The topological polar surface area (TPSA) is 42.2 Å². The van der Waals surface area contributed by atoms with Gasteiger partial charge in [0.05, 0.1) is 11.2 Å². The van der Waals surface area contributed by atoms with E-state index in [1.54, 1.807) is 18.4 Å². The third kappa shape index (κ3) is 2.69. The van der Waals surface area contributed by atoms with Gasteiger partial charge in [0, 0.05) is 16.1 Å². The molecular weight excluding hydrogens is 306 g/mol. The van der Waals surface area contributed by atoms with Crippen molar-refractivity contribution in [3.05, 3.63) is 58.8 Å². The average Bonchev–Trinajstić information content (AvgIpc) is 2.83. The SMILES string of the molecule is Cc1c(Cl)cccc1S(=O)Nc1ccc2occ(C)c2c1. The Labute approximate surface area is 130 Å². The minimum absolute atomic E-state index is 0.615. The molecule has 5 heteroatoms. The molecule has 1 unspecified atom stereocenters. The number of hydrogen-bond acceptors (Lipinski definition) is 2. The zero-order valence-electron chi connectivity index (χ0n) is 11.6. The lowest BCUT2D eigenvalue weighted by atomic mass is 10.2. The van der Waals surface area contributed by atoms with Gasteiger partial charge < -0.3 is 9.14 Å². The lowest BCUT2D eigenvalue weighted by Crippen LogP contribution is -2.06. The fourth-order valence-corrected chi connectivity index (χ4v) is 3.44. The minimum atomic E-state index is -1.36.